The van der Waals surface area contributed by atoms with Crippen molar-refractivity contribution in [2.45, 2.75) is 13.3 Å². The topological polar surface area (TPSA) is 59.1 Å². The maximum atomic E-state index is 8.52. The molecular weight excluding hydrogens is 164 g/mol. The van der Waals surface area contributed by atoms with E-state index in [0.29, 0.717) is 17.9 Å². The zero-order valence-corrected chi connectivity index (χ0v) is 7.54. The van der Waals surface area contributed by atoms with Crippen molar-refractivity contribution in [3.63, 3.8) is 0 Å². The van der Waals surface area contributed by atoms with E-state index in [9.17, 15) is 0 Å². The van der Waals surface area contributed by atoms with Gasteiger partial charge in [-0.15, -0.1) is 0 Å². The Labute approximate surface area is 77.6 Å². The Bertz CT molecular complexity index is 350. The van der Waals surface area contributed by atoms with Gasteiger partial charge in [-0.05, 0) is 24.5 Å². The van der Waals surface area contributed by atoms with Crippen LogP contribution in [0.15, 0.2) is 12.1 Å². The molecule has 1 aromatic rings. The molecule has 0 atom stereocenters. The van der Waals surface area contributed by atoms with Gasteiger partial charge in [0.05, 0.1) is 6.61 Å². The molecule has 0 bridgehead atoms. The lowest BCUT2D eigenvalue weighted by Gasteiger charge is -1.97. The van der Waals surface area contributed by atoms with Crippen LogP contribution in [-0.2, 0) is 0 Å². The van der Waals surface area contributed by atoms with Gasteiger partial charge in [0.25, 0.3) is 0 Å². The minimum atomic E-state index is 0.0777. The number of pyridine rings is 1. The molecule has 1 heterocycles. The van der Waals surface area contributed by atoms with Crippen LogP contribution in [0.2, 0.25) is 0 Å². The number of rotatable bonds is 1. The van der Waals surface area contributed by atoms with E-state index in [-0.39, 0.29) is 6.61 Å². The second kappa shape index (κ2) is 4.48. The molecule has 0 radical (unpaired) electrons. The normalized spacial score (nSPS) is 9.08. The first-order chi connectivity index (χ1) is 6.24. The fourth-order valence-electron chi connectivity index (χ4n) is 0.873. The van der Waals surface area contributed by atoms with Crippen molar-refractivity contribution in [3.8, 4) is 11.8 Å². The summed E-state index contributed by atoms with van der Waals surface area (Å²) in [7, 11) is 0. The third-order valence-electron chi connectivity index (χ3n) is 1.56. The van der Waals surface area contributed by atoms with E-state index >= 15 is 0 Å². The van der Waals surface area contributed by atoms with E-state index in [2.05, 4.69) is 16.8 Å². The third-order valence-corrected chi connectivity index (χ3v) is 1.56. The van der Waals surface area contributed by atoms with Crippen molar-refractivity contribution >= 4 is 5.82 Å². The molecule has 0 unspecified atom stereocenters. The molecule has 3 heteroatoms. The van der Waals surface area contributed by atoms with Gasteiger partial charge in [0, 0.05) is 6.42 Å². The summed E-state index contributed by atoms with van der Waals surface area (Å²) in [4.78, 5) is 4.07. The summed E-state index contributed by atoms with van der Waals surface area (Å²) in [5.41, 5.74) is 7.19. The van der Waals surface area contributed by atoms with Crippen LogP contribution < -0.4 is 5.73 Å². The first kappa shape index (κ1) is 9.56. The molecule has 1 aromatic heterocycles. The van der Waals surface area contributed by atoms with Gasteiger partial charge >= 0.3 is 0 Å². The van der Waals surface area contributed by atoms with E-state index in [1.54, 1.807) is 6.07 Å². The second-order valence-corrected chi connectivity index (χ2v) is 2.68. The highest BCUT2D eigenvalue weighted by Gasteiger charge is 1.95. The van der Waals surface area contributed by atoms with Gasteiger partial charge in [-0.25, -0.2) is 4.98 Å². The van der Waals surface area contributed by atoms with Crippen molar-refractivity contribution in [3.05, 3.63) is 23.4 Å². The Morgan fingerprint density at radius 1 is 1.54 bits per heavy atom. The number of hydrogen-bond acceptors (Lipinski definition) is 3. The van der Waals surface area contributed by atoms with Gasteiger partial charge in [-0.3, -0.25) is 0 Å². The molecular formula is C10H12N2O. The van der Waals surface area contributed by atoms with Crippen LogP contribution in [0, 0.1) is 18.8 Å². The molecule has 0 aliphatic rings. The average Bonchev–Trinajstić information content (AvgIpc) is 2.11. The summed E-state index contributed by atoms with van der Waals surface area (Å²) in [6, 6.07) is 3.62. The van der Waals surface area contributed by atoms with E-state index in [1.165, 1.54) is 0 Å². The lowest BCUT2D eigenvalue weighted by atomic mass is 10.2. The highest BCUT2D eigenvalue weighted by molar-refractivity contribution is 5.41. The lowest BCUT2D eigenvalue weighted by Crippen LogP contribution is -1.94. The zero-order valence-electron chi connectivity index (χ0n) is 7.54. The molecule has 13 heavy (non-hydrogen) atoms. The fraction of sp³-hybridized carbons (Fsp3) is 0.300. The molecule has 0 amide bonds. The number of nitrogens with zero attached hydrogens (tertiary/aromatic N) is 1. The van der Waals surface area contributed by atoms with Gasteiger partial charge in [0.2, 0.25) is 0 Å². The fourth-order valence-corrected chi connectivity index (χ4v) is 0.873. The SMILES string of the molecule is Cc1ccc(N)nc1C#CCCO. The van der Waals surface area contributed by atoms with E-state index in [1.807, 2.05) is 13.0 Å². The molecule has 0 spiro atoms. The first-order valence-corrected chi connectivity index (χ1v) is 4.07. The molecule has 0 aromatic carbocycles. The first-order valence-electron chi connectivity index (χ1n) is 4.07. The maximum Gasteiger partial charge on any atom is 0.124 e. The van der Waals surface area contributed by atoms with Crippen LogP contribution in [-0.4, -0.2) is 16.7 Å². The molecule has 0 saturated heterocycles. The Morgan fingerprint density at radius 2 is 2.31 bits per heavy atom. The lowest BCUT2D eigenvalue weighted by molar-refractivity contribution is 0.305. The number of nitrogens with two attached hydrogens (primary N) is 1. The molecule has 3 N–H and O–H groups in total. The molecule has 3 nitrogen and oxygen atoms in total. The van der Waals surface area contributed by atoms with Crippen LogP contribution in [0.3, 0.4) is 0 Å². The average molecular weight is 176 g/mol. The number of nitrogen functional groups attached to an aromatic ring is 1. The van der Waals surface area contributed by atoms with Gasteiger partial charge in [-0.1, -0.05) is 12.0 Å². The van der Waals surface area contributed by atoms with E-state index in [0.717, 1.165) is 5.56 Å². The minimum absolute atomic E-state index is 0.0777. The van der Waals surface area contributed by atoms with Crippen LogP contribution in [0.4, 0.5) is 5.82 Å². The predicted molar refractivity (Wildman–Crippen MR) is 52.0 cm³/mol. The zero-order chi connectivity index (χ0) is 9.68. The highest BCUT2D eigenvalue weighted by atomic mass is 16.2. The van der Waals surface area contributed by atoms with Crippen molar-refractivity contribution in [1.82, 2.24) is 4.98 Å². The molecule has 68 valence electrons. The summed E-state index contributed by atoms with van der Waals surface area (Å²) < 4.78 is 0. The predicted octanol–water partition coefficient (Wildman–Crippen LogP) is 0.706. The Morgan fingerprint density at radius 3 is 3.00 bits per heavy atom. The van der Waals surface area contributed by atoms with Crippen LogP contribution in [0.25, 0.3) is 0 Å². The molecule has 0 aliphatic heterocycles. The molecule has 0 saturated carbocycles. The minimum Gasteiger partial charge on any atom is -0.395 e. The van der Waals surface area contributed by atoms with Gasteiger partial charge in [0.1, 0.15) is 11.5 Å². The maximum absolute atomic E-state index is 8.52. The molecule has 0 aliphatic carbocycles. The smallest absolute Gasteiger partial charge is 0.124 e. The van der Waals surface area contributed by atoms with Gasteiger partial charge in [0.15, 0.2) is 0 Å². The number of aliphatic hydroxyl groups excluding tert-OH is 1. The number of aromatic nitrogens is 1. The molecule has 1 rings (SSSR count). The summed E-state index contributed by atoms with van der Waals surface area (Å²) in [6.45, 7) is 2.00. The number of hydrogen-bond donors (Lipinski definition) is 2. The number of aryl methyl sites for hydroxylation is 1. The van der Waals surface area contributed by atoms with Gasteiger partial charge in [-0.2, -0.15) is 0 Å². The van der Waals surface area contributed by atoms with Crippen molar-refractivity contribution in [1.29, 1.82) is 0 Å². The number of anilines is 1. The number of aliphatic hydroxyl groups is 1. The summed E-state index contributed by atoms with van der Waals surface area (Å²) in [5, 5.41) is 8.52. The van der Waals surface area contributed by atoms with Crippen molar-refractivity contribution < 1.29 is 5.11 Å². The van der Waals surface area contributed by atoms with E-state index < -0.39 is 0 Å². The van der Waals surface area contributed by atoms with Crippen LogP contribution in [0.5, 0.6) is 0 Å². The van der Waals surface area contributed by atoms with Gasteiger partial charge < -0.3 is 10.8 Å². The largest absolute Gasteiger partial charge is 0.395 e. The quantitative estimate of drug-likeness (QED) is 0.619. The summed E-state index contributed by atoms with van der Waals surface area (Å²) in [5.74, 6) is 6.13. The second-order valence-electron chi connectivity index (χ2n) is 2.68. The Kier molecular flexibility index (Phi) is 3.30. The monoisotopic (exact) mass is 176 g/mol. The summed E-state index contributed by atoms with van der Waals surface area (Å²) in [6.07, 6.45) is 0.468. The van der Waals surface area contributed by atoms with Crippen molar-refractivity contribution in [2.24, 2.45) is 0 Å². The van der Waals surface area contributed by atoms with Crippen molar-refractivity contribution in [2.75, 3.05) is 12.3 Å². The summed E-state index contributed by atoms with van der Waals surface area (Å²) >= 11 is 0. The third kappa shape index (κ3) is 2.77. The Balaban J connectivity index is 2.89. The van der Waals surface area contributed by atoms with Crippen LogP contribution >= 0.6 is 0 Å². The van der Waals surface area contributed by atoms with Crippen LogP contribution in [0.1, 0.15) is 17.7 Å². The highest BCUT2D eigenvalue weighted by Crippen LogP contribution is 2.05. The standard InChI is InChI=1S/C10H12N2O/c1-8-5-6-10(11)12-9(8)4-2-3-7-13/h5-6,13H,3,7H2,1H3,(H2,11,12). The van der Waals surface area contributed by atoms with E-state index in [4.69, 9.17) is 10.8 Å². The Hall–Kier alpha value is -1.53. The molecule has 0 fully saturated rings.